The topological polar surface area (TPSA) is 29.5 Å². The van der Waals surface area contributed by atoms with Crippen molar-refractivity contribution < 1.29 is 23.0 Å². The third-order valence-electron chi connectivity index (χ3n) is 2.71. The van der Waals surface area contributed by atoms with E-state index in [-0.39, 0.29) is 5.75 Å². The van der Waals surface area contributed by atoms with Gasteiger partial charge in [0.05, 0.1) is 6.10 Å². The van der Waals surface area contributed by atoms with Crippen LogP contribution < -0.4 is 4.74 Å². The maximum Gasteiger partial charge on any atom is 0.573 e. The molecule has 0 amide bonds. The Bertz CT molecular complexity index is 371. The summed E-state index contributed by atoms with van der Waals surface area (Å²) in [7, 11) is 0. The fourth-order valence-electron chi connectivity index (χ4n) is 1.73. The van der Waals surface area contributed by atoms with Gasteiger partial charge in [0, 0.05) is 0 Å². The van der Waals surface area contributed by atoms with Crippen LogP contribution in [0.3, 0.4) is 0 Å². The highest BCUT2D eigenvalue weighted by Gasteiger charge is 2.30. The van der Waals surface area contributed by atoms with Crippen molar-refractivity contribution in [3.8, 4) is 5.75 Å². The molecular weight excluding hydrogens is 257 g/mol. The summed E-state index contributed by atoms with van der Waals surface area (Å²) >= 11 is 0. The fourth-order valence-corrected chi connectivity index (χ4v) is 1.73. The van der Waals surface area contributed by atoms with Gasteiger partial charge in [0.1, 0.15) is 5.75 Å². The van der Waals surface area contributed by atoms with Crippen LogP contribution in [0, 0.1) is 5.92 Å². The Labute approximate surface area is 111 Å². The molecule has 1 aromatic carbocycles. The second-order valence-electron chi connectivity index (χ2n) is 5.02. The molecule has 5 heteroatoms. The summed E-state index contributed by atoms with van der Waals surface area (Å²) in [5.41, 5.74) is 0.797. The van der Waals surface area contributed by atoms with Gasteiger partial charge < -0.3 is 9.84 Å². The minimum Gasteiger partial charge on any atom is -0.406 e. The molecule has 19 heavy (non-hydrogen) atoms. The maximum absolute atomic E-state index is 12.0. The highest BCUT2D eigenvalue weighted by Crippen LogP contribution is 2.23. The molecule has 0 aliphatic rings. The first-order valence-electron chi connectivity index (χ1n) is 6.29. The van der Waals surface area contributed by atoms with Gasteiger partial charge in [-0.1, -0.05) is 26.0 Å². The first-order valence-corrected chi connectivity index (χ1v) is 6.29. The van der Waals surface area contributed by atoms with Gasteiger partial charge in [0.25, 0.3) is 0 Å². The molecule has 0 saturated carbocycles. The molecule has 0 heterocycles. The van der Waals surface area contributed by atoms with Crippen molar-refractivity contribution in [3.05, 3.63) is 29.8 Å². The van der Waals surface area contributed by atoms with Crippen molar-refractivity contribution in [2.75, 3.05) is 0 Å². The third-order valence-corrected chi connectivity index (χ3v) is 2.71. The van der Waals surface area contributed by atoms with Gasteiger partial charge in [-0.25, -0.2) is 0 Å². The molecule has 0 aromatic heterocycles. The summed E-state index contributed by atoms with van der Waals surface area (Å²) in [6.07, 6.45) is -3.07. The molecule has 1 aromatic rings. The van der Waals surface area contributed by atoms with Crippen LogP contribution in [-0.2, 0) is 6.42 Å². The average Bonchev–Trinajstić information content (AvgIpc) is 2.27. The number of rotatable bonds is 6. The predicted molar refractivity (Wildman–Crippen MR) is 66.9 cm³/mol. The quantitative estimate of drug-likeness (QED) is 0.853. The van der Waals surface area contributed by atoms with Gasteiger partial charge in [-0.3, -0.25) is 0 Å². The lowest BCUT2D eigenvalue weighted by Crippen LogP contribution is -2.17. The zero-order chi connectivity index (χ0) is 14.5. The molecule has 2 nitrogen and oxygen atoms in total. The Morgan fingerprint density at radius 3 is 2.16 bits per heavy atom. The van der Waals surface area contributed by atoms with E-state index in [2.05, 4.69) is 18.6 Å². The Kier molecular flexibility index (Phi) is 5.66. The summed E-state index contributed by atoms with van der Waals surface area (Å²) in [6.45, 7) is 4.16. The molecule has 0 aliphatic carbocycles. The Hall–Kier alpha value is -1.23. The lowest BCUT2D eigenvalue weighted by Gasteiger charge is -2.13. The van der Waals surface area contributed by atoms with Gasteiger partial charge in [0.15, 0.2) is 0 Å². The van der Waals surface area contributed by atoms with E-state index < -0.39 is 12.5 Å². The van der Waals surface area contributed by atoms with E-state index in [0.29, 0.717) is 18.8 Å². The van der Waals surface area contributed by atoms with Gasteiger partial charge >= 0.3 is 6.36 Å². The lowest BCUT2D eigenvalue weighted by atomic mass is 10.00. The summed E-state index contributed by atoms with van der Waals surface area (Å²) in [5.74, 6) is 0.283. The summed E-state index contributed by atoms with van der Waals surface area (Å²) < 4.78 is 39.7. The largest absolute Gasteiger partial charge is 0.573 e. The molecule has 0 bridgehead atoms. The second-order valence-corrected chi connectivity index (χ2v) is 5.02. The fraction of sp³-hybridized carbons (Fsp3) is 0.571. The minimum atomic E-state index is -4.67. The van der Waals surface area contributed by atoms with Crippen molar-refractivity contribution in [2.24, 2.45) is 5.92 Å². The van der Waals surface area contributed by atoms with E-state index in [1.54, 1.807) is 12.1 Å². The van der Waals surface area contributed by atoms with Gasteiger partial charge in [-0.2, -0.15) is 0 Å². The molecule has 1 N–H and O–H groups in total. The van der Waals surface area contributed by atoms with Crippen LogP contribution in [0.15, 0.2) is 24.3 Å². The van der Waals surface area contributed by atoms with Gasteiger partial charge in [-0.05, 0) is 42.9 Å². The lowest BCUT2D eigenvalue weighted by molar-refractivity contribution is -0.274. The number of aliphatic hydroxyl groups excluding tert-OH is 1. The van der Waals surface area contributed by atoms with E-state index in [1.807, 2.05) is 0 Å². The Morgan fingerprint density at radius 1 is 1.11 bits per heavy atom. The maximum atomic E-state index is 12.0. The van der Waals surface area contributed by atoms with E-state index in [4.69, 9.17) is 0 Å². The summed E-state index contributed by atoms with van der Waals surface area (Å²) in [6, 6.07) is 5.61. The smallest absolute Gasteiger partial charge is 0.406 e. The molecule has 0 spiro atoms. The summed E-state index contributed by atoms with van der Waals surface area (Å²) in [5, 5.41) is 9.80. The minimum absolute atomic E-state index is 0.243. The molecular formula is C14H19F3O2. The van der Waals surface area contributed by atoms with Crippen molar-refractivity contribution >= 4 is 0 Å². The molecule has 0 saturated heterocycles. The number of halogens is 3. The van der Waals surface area contributed by atoms with Crippen LogP contribution >= 0.6 is 0 Å². The number of hydrogen-bond donors (Lipinski definition) is 1. The van der Waals surface area contributed by atoms with Crippen molar-refractivity contribution in [1.82, 2.24) is 0 Å². The molecule has 1 rings (SSSR count). The van der Waals surface area contributed by atoms with E-state index in [9.17, 15) is 18.3 Å². The number of aliphatic hydroxyl groups is 1. The van der Waals surface area contributed by atoms with Crippen molar-refractivity contribution in [1.29, 1.82) is 0 Å². The van der Waals surface area contributed by atoms with E-state index >= 15 is 0 Å². The van der Waals surface area contributed by atoms with Crippen LogP contribution in [0.5, 0.6) is 5.75 Å². The first kappa shape index (κ1) is 15.8. The normalized spacial score (nSPS) is 13.6. The molecule has 0 radical (unpaired) electrons. The zero-order valence-electron chi connectivity index (χ0n) is 11.1. The number of ether oxygens (including phenoxy) is 1. The van der Waals surface area contributed by atoms with Crippen LogP contribution in [0.4, 0.5) is 13.2 Å². The highest BCUT2D eigenvalue weighted by atomic mass is 19.4. The zero-order valence-corrected chi connectivity index (χ0v) is 11.1. The van der Waals surface area contributed by atoms with Crippen LogP contribution in [0.25, 0.3) is 0 Å². The molecule has 0 fully saturated rings. The predicted octanol–water partition coefficient (Wildman–Crippen LogP) is 3.92. The van der Waals surface area contributed by atoms with Crippen molar-refractivity contribution in [3.63, 3.8) is 0 Å². The Balaban J connectivity index is 2.48. The number of benzene rings is 1. The average molecular weight is 276 g/mol. The number of alkyl halides is 3. The third kappa shape index (κ3) is 7.06. The molecule has 1 atom stereocenters. The van der Waals surface area contributed by atoms with Crippen LogP contribution in [0.2, 0.25) is 0 Å². The van der Waals surface area contributed by atoms with Crippen LogP contribution in [-0.4, -0.2) is 17.6 Å². The van der Waals surface area contributed by atoms with Gasteiger partial charge in [0.2, 0.25) is 0 Å². The van der Waals surface area contributed by atoms with Crippen molar-refractivity contribution in [2.45, 2.75) is 45.6 Å². The van der Waals surface area contributed by atoms with E-state index in [0.717, 1.165) is 12.0 Å². The SMILES string of the molecule is CC(C)CCC(O)Cc1ccc(OC(F)(F)F)cc1. The van der Waals surface area contributed by atoms with Gasteiger partial charge in [-0.15, -0.1) is 13.2 Å². The van der Waals surface area contributed by atoms with Crippen LogP contribution in [0.1, 0.15) is 32.3 Å². The highest BCUT2D eigenvalue weighted by molar-refractivity contribution is 5.27. The number of hydrogen-bond acceptors (Lipinski definition) is 2. The van der Waals surface area contributed by atoms with E-state index in [1.165, 1.54) is 12.1 Å². The Morgan fingerprint density at radius 2 is 1.68 bits per heavy atom. The summed E-state index contributed by atoms with van der Waals surface area (Å²) in [4.78, 5) is 0. The second kappa shape index (κ2) is 6.80. The standard InChI is InChI=1S/C14H19F3O2/c1-10(2)3-6-12(18)9-11-4-7-13(8-5-11)19-14(15,16)17/h4-5,7-8,10,12,18H,3,6,9H2,1-2H3. The first-order chi connectivity index (χ1) is 8.76. The molecule has 108 valence electrons. The monoisotopic (exact) mass is 276 g/mol. The molecule has 0 aliphatic heterocycles. The molecule has 1 unspecified atom stereocenters.